The molecule has 102 valence electrons. The highest BCUT2D eigenvalue weighted by molar-refractivity contribution is 5.74. The normalized spacial score (nSPS) is 13.4. The number of aliphatic hydroxyl groups excluding tert-OH is 1. The van der Waals surface area contributed by atoms with Crippen LogP contribution in [0.15, 0.2) is 12.1 Å². The maximum absolute atomic E-state index is 12.7. The summed E-state index contributed by atoms with van der Waals surface area (Å²) in [6.45, 7) is -0.196. The van der Waals surface area contributed by atoms with Crippen LogP contribution in [0.1, 0.15) is 5.56 Å². The molecule has 0 fully saturated rings. The lowest BCUT2D eigenvalue weighted by molar-refractivity contribution is -0.236. The van der Waals surface area contributed by atoms with Crippen molar-refractivity contribution in [1.29, 1.82) is 0 Å². The minimum absolute atomic E-state index is 0.0316. The highest BCUT2D eigenvalue weighted by atomic mass is 19.4. The number of hydrogen-bond donors (Lipinski definition) is 3. The third-order valence-corrected chi connectivity index (χ3v) is 2.21. The fourth-order valence-electron chi connectivity index (χ4n) is 1.28. The standard InChI is InChI=1S/C10H12F4N2O2/c11-9(10(12,13)14)18-6-2-1-5(3-4-17)7(15)8(6)16/h1-2,9,17H,3-4,15-16H2. The topological polar surface area (TPSA) is 81.5 Å². The number of alkyl halides is 4. The summed E-state index contributed by atoms with van der Waals surface area (Å²) in [5.41, 5.74) is 11.1. The summed E-state index contributed by atoms with van der Waals surface area (Å²) in [4.78, 5) is 0. The third-order valence-electron chi connectivity index (χ3n) is 2.21. The molecule has 18 heavy (non-hydrogen) atoms. The van der Waals surface area contributed by atoms with Crippen LogP contribution in [0, 0.1) is 0 Å². The van der Waals surface area contributed by atoms with Gasteiger partial charge in [0.25, 0.3) is 0 Å². The molecule has 8 heteroatoms. The van der Waals surface area contributed by atoms with Gasteiger partial charge in [-0.05, 0) is 18.1 Å². The summed E-state index contributed by atoms with van der Waals surface area (Å²) in [5.74, 6) is -0.487. The van der Waals surface area contributed by atoms with E-state index in [9.17, 15) is 17.6 Å². The van der Waals surface area contributed by atoms with E-state index >= 15 is 0 Å². The third kappa shape index (κ3) is 3.16. The first-order valence-electron chi connectivity index (χ1n) is 4.92. The molecule has 0 bridgehead atoms. The van der Waals surface area contributed by atoms with Gasteiger partial charge in [-0.1, -0.05) is 6.07 Å². The Bertz CT molecular complexity index is 423. The molecular formula is C10H12F4N2O2. The van der Waals surface area contributed by atoms with Crippen LogP contribution in [-0.4, -0.2) is 24.2 Å². The van der Waals surface area contributed by atoms with Crippen LogP contribution in [0.3, 0.4) is 0 Å². The van der Waals surface area contributed by atoms with Crippen molar-refractivity contribution < 1.29 is 27.4 Å². The minimum Gasteiger partial charge on any atom is -0.450 e. The van der Waals surface area contributed by atoms with E-state index in [1.807, 2.05) is 0 Å². The zero-order valence-electron chi connectivity index (χ0n) is 9.17. The van der Waals surface area contributed by atoms with Gasteiger partial charge in [0.2, 0.25) is 0 Å². The van der Waals surface area contributed by atoms with Crippen molar-refractivity contribution in [3.05, 3.63) is 17.7 Å². The molecule has 0 aromatic heterocycles. The van der Waals surface area contributed by atoms with Crippen LogP contribution >= 0.6 is 0 Å². The molecule has 0 aliphatic rings. The molecule has 1 rings (SSSR count). The first-order valence-corrected chi connectivity index (χ1v) is 4.92. The second-order valence-corrected chi connectivity index (χ2v) is 3.50. The smallest absolute Gasteiger partial charge is 0.450 e. The van der Waals surface area contributed by atoms with E-state index in [2.05, 4.69) is 4.74 Å². The van der Waals surface area contributed by atoms with Crippen molar-refractivity contribution in [3.8, 4) is 5.75 Å². The molecule has 0 aliphatic heterocycles. The van der Waals surface area contributed by atoms with E-state index in [4.69, 9.17) is 16.6 Å². The molecule has 0 aliphatic carbocycles. The van der Waals surface area contributed by atoms with Crippen molar-refractivity contribution in [1.82, 2.24) is 0 Å². The van der Waals surface area contributed by atoms with Gasteiger partial charge in [0, 0.05) is 6.61 Å². The number of aliphatic hydroxyl groups is 1. The van der Waals surface area contributed by atoms with Gasteiger partial charge in [-0.15, -0.1) is 0 Å². The van der Waals surface area contributed by atoms with E-state index in [0.29, 0.717) is 5.56 Å². The lowest BCUT2D eigenvalue weighted by atomic mass is 10.1. The van der Waals surface area contributed by atoms with Crippen LogP contribution in [0.2, 0.25) is 0 Å². The first kappa shape index (κ1) is 14.4. The van der Waals surface area contributed by atoms with E-state index < -0.39 is 18.3 Å². The molecule has 1 aromatic rings. The SMILES string of the molecule is Nc1c(CCO)ccc(OC(F)C(F)(F)F)c1N. The van der Waals surface area contributed by atoms with Crippen molar-refractivity contribution in [3.63, 3.8) is 0 Å². The lowest BCUT2D eigenvalue weighted by Gasteiger charge is -2.17. The van der Waals surface area contributed by atoms with Gasteiger partial charge in [-0.3, -0.25) is 0 Å². The number of halogens is 4. The summed E-state index contributed by atoms with van der Waals surface area (Å²) < 4.78 is 52.6. The molecule has 0 spiro atoms. The zero-order chi connectivity index (χ0) is 13.9. The number of nitrogens with two attached hydrogens (primary N) is 2. The van der Waals surface area contributed by atoms with Crippen LogP contribution in [0.25, 0.3) is 0 Å². The fourth-order valence-corrected chi connectivity index (χ4v) is 1.28. The summed E-state index contributed by atoms with van der Waals surface area (Å²) in [7, 11) is 0. The number of anilines is 2. The predicted molar refractivity (Wildman–Crippen MR) is 57.6 cm³/mol. The van der Waals surface area contributed by atoms with Gasteiger partial charge < -0.3 is 21.3 Å². The second-order valence-electron chi connectivity index (χ2n) is 3.50. The molecule has 1 unspecified atom stereocenters. The Labute approximate surface area is 100 Å². The number of benzene rings is 1. The van der Waals surface area contributed by atoms with Crippen LogP contribution in [0.5, 0.6) is 5.75 Å². The van der Waals surface area contributed by atoms with E-state index in [1.54, 1.807) is 0 Å². The summed E-state index contributed by atoms with van der Waals surface area (Å²) in [6.07, 6.45) is -8.41. The van der Waals surface area contributed by atoms with Gasteiger partial charge in [0.15, 0.2) is 0 Å². The van der Waals surface area contributed by atoms with Crippen molar-refractivity contribution >= 4 is 11.4 Å². The number of nitrogen functional groups attached to an aromatic ring is 2. The average Bonchev–Trinajstić information content (AvgIpc) is 2.27. The van der Waals surface area contributed by atoms with Crippen LogP contribution in [-0.2, 0) is 6.42 Å². The van der Waals surface area contributed by atoms with Gasteiger partial charge in [0.1, 0.15) is 5.75 Å². The number of ether oxygens (including phenoxy) is 1. The molecule has 4 nitrogen and oxygen atoms in total. The minimum atomic E-state index is -5.13. The Balaban J connectivity index is 2.95. The predicted octanol–water partition coefficient (Wildman–Crippen LogP) is 1.62. The monoisotopic (exact) mass is 268 g/mol. The molecule has 0 radical (unpaired) electrons. The maximum Gasteiger partial charge on any atom is 0.457 e. The highest BCUT2D eigenvalue weighted by Gasteiger charge is 2.42. The summed E-state index contributed by atoms with van der Waals surface area (Å²) in [6, 6.07) is 2.40. The summed E-state index contributed by atoms with van der Waals surface area (Å²) in [5, 5.41) is 8.72. The molecule has 0 saturated heterocycles. The molecule has 1 atom stereocenters. The maximum atomic E-state index is 12.7. The Morgan fingerprint density at radius 1 is 1.22 bits per heavy atom. The highest BCUT2D eigenvalue weighted by Crippen LogP contribution is 2.34. The first-order chi connectivity index (χ1) is 8.27. The Kier molecular flexibility index (Phi) is 4.23. The Morgan fingerprint density at radius 3 is 2.33 bits per heavy atom. The van der Waals surface area contributed by atoms with Crippen molar-refractivity contribution in [2.24, 2.45) is 0 Å². The molecule has 0 saturated carbocycles. The van der Waals surface area contributed by atoms with E-state index in [1.165, 1.54) is 6.07 Å². The Hall–Kier alpha value is -1.70. The molecule has 0 heterocycles. The van der Waals surface area contributed by atoms with E-state index in [-0.39, 0.29) is 24.4 Å². The number of hydrogen-bond acceptors (Lipinski definition) is 4. The quantitative estimate of drug-likeness (QED) is 0.572. The zero-order valence-corrected chi connectivity index (χ0v) is 9.17. The number of rotatable bonds is 4. The fraction of sp³-hybridized carbons (Fsp3) is 0.400. The largest absolute Gasteiger partial charge is 0.457 e. The van der Waals surface area contributed by atoms with Gasteiger partial charge in [-0.25, -0.2) is 0 Å². The molecule has 0 amide bonds. The molecular weight excluding hydrogens is 256 g/mol. The van der Waals surface area contributed by atoms with Gasteiger partial charge in [-0.2, -0.15) is 17.6 Å². The van der Waals surface area contributed by atoms with E-state index in [0.717, 1.165) is 6.07 Å². The van der Waals surface area contributed by atoms with Gasteiger partial charge >= 0.3 is 12.5 Å². The van der Waals surface area contributed by atoms with Crippen LogP contribution < -0.4 is 16.2 Å². The molecule has 5 N–H and O–H groups in total. The average molecular weight is 268 g/mol. The summed E-state index contributed by atoms with van der Waals surface area (Å²) >= 11 is 0. The molecule has 1 aromatic carbocycles. The van der Waals surface area contributed by atoms with Crippen LogP contribution in [0.4, 0.5) is 28.9 Å². The van der Waals surface area contributed by atoms with Crippen molar-refractivity contribution in [2.75, 3.05) is 18.1 Å². The van der Waals surface area contributed by atoms with Crippen molar-refractivity contribution in [2.45, 2.75) is 19.0 Å². The van der Waals surface area contributed by atoms with Gasteiger partial charge in [0.05, 0.1) is 11.4 Å². The lowest BCUT2D eigenvalue weighted by Crippen LogP contribution is -2.30. The Morgan fingerprint density at radius 2 is 1.83 bits per heavy atom. The second kappa shape index (κ2) is 5.30.